The molecule has 3 aromatic carbocycles. The van der Waals surface area contributed by atoms with Gasteiger partial charge in [0, 0.05) is 37.9 Å². The molecule has 72 heavy (non-hydrogen) atoms. The Morgan fingerprint density at radius 2 is 1.62 bits per heavy atom. The second-order valence-electron chi connectivity index (χ2n) is 20.7. The summed E-state index contributed by atoms with van der Waals surface area (Å²) in [5.41, 5.74) is 20.5. The van der Waals surface area contributed by atoms with E-state index in [1.165, 1.54) is 9.80 Å². The van der Waals surface area contributed by atoms with Crippen molar-refractivity contribution in [3.8, 4) is 10.4 Å². The summed E-state index contributed by atoms with van der Waals surface area (Å²) >= 11 is 1.57. The van der Waals surface area contributed by atoms with Crippen molar-refractivity contribution >= 4 is 64.1 Å². The molecule has 384 valence electrons. The molecule has 0 saturated carbocycles. The number of amides is 7. The smallest absolute Gasteiger partial charge is 0.246 e. The van der Waals surface area contributed by atoms with Crippen LogP contribution in [0.15, 0.2) is 66.2 Å². The van der Waals surface area contributed by atoms with Crippen LogP contribution in [0.25, 0.3) is 10.4 Å². The molecule has 17 nitrogen and oxygen atoms in total. The van der Waals surface area contributed by atoms with Gasteiger partial charge < -0.3 is 42.7 Å². The Balaban J connectivity index is 0.900. The summed E-state index contributed by atoms with van der Waals surface area (Å²) in [4.78, 5) is 103. The fraction of sp³-hybridized carbons (Fsp3) is 0.481. The van der Waals surface area contributed by atoms with Gasteiger partial charge in [0.1, 0.15) is 24.2 Å². The molecule has 7 atom stereocenters. The molecule has 0 aliphatic carbocycles. The second-order valence-corrected chi connectivity index (χ2v) is 21.6. The third kappa shape index (κ3) is 12.7. The van der Waals surface area contributed by atoms with E-state index in [4.69, 9.17) is 11.5 Å². The van der Waals surface area contributed by atoms with E-state index >= 15 is 0 Å². The summed E-state index contributed by atoms with van der Waals surface area (Å²) in [7, 11) is 0. The Bertz CT molecular complexity index is 2680. The third-order valence-corrected chi connectivity index (χ3v) is 14.9. The van der Waals surface area contributed by atoms with Gasteiger partial charge in [0.25, 0.3) is 0 Å². The highest BCUT2D eigenvalue weighted by Gasteiger charge is 2.46. The van der Waals surface area contributed by atoms with E-state index in [1.54, 1.807) is 17.4 Å². The van der Waals surface area contributed by atoms with Gasteiger partial charge in [-0.05, 0) is 110 Å². The number of aromatic nitrogens is 1. The number of aryl methyl sites for hydroxylation is 4. The number of nitrogens with one attached hydrogen (secondary N) is 4. The van der Waals surface area contributed by atoms with Crippen LogP contribution in [-0.4, -0.2) is 99.2 Å². The SMILES string of the molecule is Cc1cc(CCCCCC(=O)N[C@H](C(=O)N2C[C@H](O)C[C@H]2C(=O)N[C@@H](C)c2ccc(-c3scnc3C)cc2)C(C)(C)C)cc(NC(=O)[C@H](CCC(N)=O)NC(=O)[C@@H]2Cc3cccc4c3N2C(=O)[C@@H](N)CC4)c1. The molecular formula is C54H69N9O8S. The first-order chi connectivity index (χ1) is 34.2. The summed E-state index contributed by atoms with van der Waals surface area (Å²) in [6, 6.07) is 14.3. The lowest BCUT2D eigenvalue weighted by Gasteiger charge is -2.35. The molecule has 4 aromatic rings. The molecule has 3 aliphatic rings. The van der Waals surface area contributed by atoms with Crippen LogP contribution in [0.2, 0.25) is 0 Å². The number of carbonyl (C=O) groups is 7. The highest BCUT2D eigenvalue weighted by molar-refractivity contribution is 7.13. The number of β-amino-alcohol motifs (C(OH)–C–C–N with tert-alkyl or cyclic N) is 1. The summed E-state index contributed by atoms with van der Waals surface area (Å²) in [6.45, 7) is 11.3. The van der Waals surface area contributed by atoms with Crippen LogP contribution in [-0.2, 0) is 52.8 Å². The predicted octanol–water partition coefficient (Wildman–Crippen LogP) is 4.82. The highest BCUT2D eigenvalue weighted by atomic mass is 32.1. The lowest BCUT2D eigenvalue weighted by molar-refractivity contribution is -0.144. The first-order valence-electron chi connectivity index (χ1n) is 25.0. The van der Waals surface area contributed by atoms with Crippen molar-refractivity contribution in [2.24, 2.45) is 16.9 Å². The fourth-order valence-electron chi connectivity index (χ4n) is 10.0. The Hall–Kier alpha value is -6.50. The lowest BCUT2D eigenvalue weighted by atomic mass is 9.85. The summed E-state index contributed by atoms with van der Waals surface area (Å²) < 4.78 is 0. The molecule has 0 radical (unpaired) electrons. The minimum absolute atomic E-state index is 0.0257. The highest BCUT2D eigenvalue weighted by Crippen LogP contribution is 2.39. The Morgan fingerprint density at radius 3 is 2.32 bits per heavy atom. The largest absolute Gasteiger partial charge is 0.391 e. The van der Waals surface area contributed by atoms with Crippen LogP contribution in [0.1, 0.15) is 119 Å². The second kappa shape index (κ2) is 22.9. The van der Waals surface area contributed by atoms with Gasteiger partial charge in [0.05, 0.1) is 40.0 Å². The van der Waals surface area contributed by atoms with E-state index < -0.39 is 65.4 Å². The van der Waals surface area contributed by atoms with E-state index in [9.17, 15) is 38.7 Å². The lowest BCUT2D eigenvalue weighted by Crippen LogP contribution is -2.57. The number of carbonyl (C=O) groups excluding carboxylic acids is 7. The number of nitrogens with zero attached hydrogens (tertiary/aromatic N) is 3. The molecule has 0 spiro atoms. The van der Waals surface area contributed by atoms with Gasteiger partial charge in [-0.25, -0.2) is 4.98 Å². The maximum absolute atomic E-state index is 14.2. The maximum atomic E-state index is 14.2. The normalized spacial score (nSPS) is 19.7. The topological polar surface area (TPSA) is 259 Å². The maximum Gasteiger partial charge on any atom is 0.246 e. The fourth-order valence-corrected chi connectivity index (χ4v) is 10.8. The van der Waals surface area contributed by atoms with Crippen molar-refractivity contribution < 1.29 is 38.7 Å². The molecular weight excluding hydrogens is 935 g/mol. The summed E-state index contributed by atoms with van der Waals surface area (Å²) in [5.74, 6) is -3.14. The Labute approximate surface area is 425 Å². The molecule has 7 rings (SSSR count). The molecule has 1 saturated heterocycles. The molecule has 0 unspecified atom stereocenters. The van der Waals surface area contributed by atoms with E-state index in [1.807, 2.05) is 102 Å². The van der Waals surface area contributed by atoms with Crippen LogP contribution in [0.4, 0.5) is 11.4 Å². The molecule has 1 aromatic heterocycles. The molecule has 3 aliphatic heterocycles. The van der Waals surface area contributed by atoms with E-state index in [2.05, 4.69) is 26.3 Å². The van der Waals surface area contributed by atoms with E-state index in [-0.39, 0.29) is 62.4 Å². The Kier molecular flexibility index (Phi) is 17.0. The minimum atomic E-state index is -1.13. The standard InChI is InChI=1S/C54H69N9O8S/c1-30-23-33(25-38(24-30)59-49(67)41(21-22-44(56)65)60-51(69)43-26-37-13-10-12-35-19-20-40(55)52(70)63(43)46(35)37)11-8-7-9-14-45(66)61-48(54(4,5)6)53(71)62-28-39(64)27-42(62)50(68)58-31(2)34-15-17-36(18-16-34)47-32(3)57-29-72-47/h10,12-13,15-18,23-25,29,31,39-43,48,64H,7-9,11,14,19-22,26-28,55H2,1-6H3,(H2,56,65)(H,58,68)(H,59,67)(H,60,69)(H,61,66)/t31-,39+,40-,41-,42-,43-,48+/m0/s1. The molecule has 18 heteroatoms. The Morgan fingerprint density at radius 1 is 0.903 bits per heavy atom. The van der Waals surface area contributed by atoms with Gasteiger partial charge >= 0.3 is 0 Å². The average molecular weight is 1000 g/mol. The number of nitrogens with two attached hydrogens (primary N) is 2. The number of aliphatic hydroxyl groups excluding tert-OH is 1. The third-order valence-electron chi connectivity index (χ3n) is 13.9. The number of hydrogen-bond donors (Lipinski definition) is 7. The predicted molar refractivity (Wildman–Crippen MR) is 276 cm³/mol. The monoisotopic (exact) mass is 1000 g/mol. The number of rotatable bonds is 19. The number of hydrogen-bond acceptors (Lipinski definition) is 11. The van der Waals surface area contributed by atoms with Gasteiger partial charge in [-0.2, -0.15) is 0 Å². The number of aliphatic hydroxyl groups is 1. The number of anilines is 2. The van der Waals surface area contributed by atoms with E-state index in [0.717, 1.165) is 50.4 Å². The van der Waals surface area contributed by atoms with Gasteiger partial charge in [-0.1, -0.05) is 75.7 Å². The average Bonchev–Trinajstić information content (AvgIpc) is 4.04. The number of thiazole rings is 1. The molecule has 4 heterocycles. The van der Waals surface area contributed by atoms with E-state index in [0.29, 0.717) is 43.5 Å². The summed E-state index contributed by atoms with van der Waals surface area (Å²) in [5, 5.41) is 22.4. The van der Waals surface area contributed by atoms with Gasteiger partial charge in [0.2, 0.25) is 41.4 Å². The number of unbranched alkanes of at least 4 members (excludes halogenated alkanes) is 2. The molecule has 9 N–H and O–H groups in total. The van der Waals surface area contributed by atoms with Crippen LogP contribution < -0.4 is 37.6 Å². The van der Waals surface area contributed by atoms with Crippen LogP contribution in [0.5, 0.6) is 0 Å². The number of benzene rings is 3. The number of para-hydroxylation sites is 1. The van der Waals surface area contributed by atoms with Crippen LogP contribution in [0, 0.1) is 19.3 Å². The van der Waals surface area contributed by atoms with Crippen molar-refractivity contribution in [1.29, 1.82) is 0 Å². The quantitative estimate of drug-likeness (QED) is 0.0631. The van der Waals surface area contributed by atoms with Crippen LogP contribution in [0.3, 0.4) is 0 Å². The summed E-state index contributed by atoms with van der Waals surface area (Å²) in [6.07, 6.45) is 3.09. The molecule has 7 amide bonds. The van der Waals surface area contributed by atoms with Crippen molar-refractivity contribution in [2.45, 2.75) is 155 Å². The van der Waals surface area contributed by atoms with Crippen molar-refractivity contribution in [3.05, 3.63) is 99.7 Å². The van der Waals surface area contributed by atoms with Crippen LogP contribution >= 0.6 is 11.3 Å². The van der Waals surface area contributed by atoms with Crippen molar-refractivity contribution in [1.82, 2.24) is 25.8 Å². The first kappa shape index (κ1) is 53.3. The van der Waals surface area contributed by atoms with Crippen molar-refractivity contribution in [2.75, 3.05) is 16.8 Å². The molecule has 0 bridgehead atoms. The van der Waals surface area contributed by atoms with Crippen molar-refractivity contribution in [3.63, 3.8) is 0 Å². The number of likely N-dealkylation sites (tertiary alicyclic amines) is 1. The molecule has 1 fully saturated rings. The first-order valence-corrected chi connectivity index (χ1v) is 25.8. The van der Waals surface area contributed by atoms with Gasteiger partial charge in [-0.3, -0.25) is 38.5 Å². The zero-order valence-corrected chi connectivity index (χ0v) is 42.9. The van der Waals surface area contributed by atoms with Gasteiger partial charge in [-0.15, -0.1) is 11.3 Å². The minimum Gasteiger partial charge on any atom is -0.391 e. The zero-order valence-electron chi connectivity index (χ0n) is 42.1. The van der Waals surface area contributed by atoms with Gasteiger partial charge in [0.15, 0.2) is 0 Å². The zero-order chi connectivity index (χ0) is 52.0. The number of primary amides is 1.